The van der Waals surface area contributed by atoms with E-state index in [-0.39, 0.29) is 12.0 Å². The molecule has 1 saturated heterocycles. The molecule has 1 fully saturated rings. The van der Waals surface area contributed by atoms with Crippen molar-refractivity contribution in [3.63, 3.8) is 0 Å². The number of carbonyl (C=O) groups excluding carboxylic acids is 2. The van der Waals surface area contributed by atoms with Crippen LogP contribution in [-0.2, 0) is 18.4 Å². The maximum Gasteiger partial charge on any atom is 0.410 e. The summed E-state index contributed by atoms with van der Waals surface area (Å²) >= 11 is 1.62. The number of carbonyl (C=O) groups is 2. The van der Waals surface area contributed by atoms with Crippen molar-refractivity contribution in [3.05, 3.63) is 77.3 Å². The molecule has 0 unspecified atom stereocenters. The minimum absolute atomic E-state index is 0.141. The molecular formula is C32H37N3O5S. The van der Waals surface area contributed by atoms with Gasteiger partial charge in [0.05, 0.1) is 16.8 Å². The lowest BCUT2D eigenvalue weighted by Gasteiger charge is -2.33. The predicted octanol–water partition coefficient (Wildman–Crippen LogP) is 7.10. The number of nitrogens with zero attached hydrogens (tertiary/aromatic N) is 2. The molecule has 2 amide bonds. The number of piperidine rings is 1. The second kappa shape index (κ2) is 12.3. The Hall–Kier alpha value is -3.98. The van der Waals surface area contributed by atoms with Gasteiger partial charge in [0.15, 0.2) is 0 Å². The van der Waals surface area contributed by atoms with Crippen LogP contribution in [0.25, 0.3) is 10.2 Å². The van der Waals surface area contributed by atoms with Gasteiger partial charge in [-0.25, -0.2) is 4.79 Å². The van der Waals surface area contributed by atoms with Crippen LogP contribution < -0.4 is 14.8 Å². The van der Waals surface area contributed by atoms with Crippen LogP contribution in [0.15, 0.2) is 66.0 Å². The topological polar surface area (TPSA) is 82.0 Å². The second-order valence-electron chi connectivity index (χ2n) is 11.4. The van der Waals surface area contributed by atoms with Crippen molar-refractivity contribution in [3.8, 4) is 11.5 Å². The fourth-order valence-corrected chi connectivity index (χ4v) is 5.67. The molecule has 2 aromatic heterocycles. The number of rotatable bonds is 8. The minimum atomic E-state index is -0.477. The van der Waals surface area contributed by atoms with Crippen LogP contribution >= 0.6 is 11.3 Å². The Bertz CT molecular complexity index is 1490. The highest BCUT2D eigenvalue weighted by Gasteiger charge is 2.27. The Morgan fingerprint density at radius 3 is 2.37 bits per heavy atom. The third-order valence-corrected chi connectivity index (χ3v) is 7.92. The third-order valence-electron chi connectivity index (χ3n) is 7.06. The number of benzene rings is 2. The van der Waals surface area contributed by atoms with Crippen molar-refractivity contribution in [1.82, 2.24) is 9.47 Å². The van der Waals surface area contributed by atoms with Crippen LogP contribution in [0.1, 0.15) is 49.7 Å². The fourth-order valence-electron chi connectivity index (χ4n) is 4.82. The number of ether oxygens (including phenoxy) is 3. The zero-order chi connectivity index (χ0) is 29.0. The largest absolute Gasteiger partial charge is 0.493 e. The number of aryl methyl sites for hydroxylation is 1. The number of anilines is 1. The van der Waals surface area contributed by atoms with E-state index in [4.69, 9.17) is 14.2 Å². The van der Waals surface area contributed by atoms with E-state index in [2.05, 4.69) is 5.32 Å². The normalized spacial score (nSPS) is 14.2. The maximum absolute atomic E-state index is 12.9. The van der Waals surface area contributed by atoms with E-state index in [9.17, 15) is 9.59 Å². The van der Waals surface area contributed by atoms with Crippen LogP contribution in [0.2, 0.25) is 0 Å². The van der Waals surface area contributed by atoms with Crippen molar-refractivity contribution in [2.45, 2.75) is 45.8 Å². The molecule has 0 radical (unpaired) electrons. The van der Waals surface area contributed by atoms with Crippen LogP contribution in [0.5, 0.6) is 11.5 Å². The summed E-state index contributed by atoms with van der Waals surface area (Å²) < 4.78 is 20.5. The van der Waals surface area contributed by atoms with E-state index >= 15 is 0 Å². The summed E-state index contributed by atoms with van der Waals surface area (Å²) in [5.74, 6) is 1.78. The van der Waals surface area contributed by atoms with E-state index in [1.165, 1.54) is 0 Å². The zero-order valence-corrected chi connectivity index (χ0v) is 24.8. The van der Waals surface area contributed by atoms with Crippen molar-refractivity contribution < 1.29 is 23.8 Å². The quantitative estimate of drug-likeness (QED) is 0.242. The molecule has 2 aromatic carbocycles. The summed E-state index contributed by atoms with van der Waals surface area (Å²) in [7, 11) is 1.90. The lowest BCUT2D eigenvalue weighted by atomic mass is 9.98. The standard InChI is InChI=1S/C32H37N3O5S/c1-32(2,3)40-31(37)35-15-12-22(13-16-35)20-38-25-8-10-26(11-9-25)39-21-23-6-5-7-24(18-23)33-30(36)28-19-29-27(34(28)4)14-17-41-29/h5-11,14,17-19,22H,12-13,15-16,20-21H2,1-4H3,(H,33,36). The van der Waals surface area contributed by atoms with E-state index in [0.717, 1.165) is 45.8 Å². The summed E-state index contributed by atoms with van der Waals surface area (Å²) in [6, 6.07) is 19.2. The highest BCUT2D eigenvalue weighted by molar-refractivity contribution is 7.17. The smallest absolute Gasteiger partial charge is 0.410 e. The third kappa shape index (κ3) is 7.41. The van der Waals surface area contributed by atoms with Gasteiger partial charge in [0, 0.05) is 25.8 Å². The SMILES string of the molecule is Cn1c(C(=O)Nc2cccc(COc3ccc(OCC4CCN(C(=O)OC(C)(C)C)CC4)cc3)c2)cc2sccc21. The van der Waals surface area contributed by atoms with E-state index < -0.39 is 5.60 Å². The number of fused-ring (bicyclic) bond motifs is 1. The van der Waals surface area contributed by atoms with Gasteiger partial charge in [-0.2, -0.15) is 0 Å². The highest BCUT2D eigenvalue weighted by Crippen LogP contribution is 2.26. The Kier molecular flexibility index (Phi) is 8.54. The fraction of sp³-hybridized carbons (Fsp3) is 0.375. The Balaban J connectivity index is 1.06. The molecule has 8 nitrogen and oxygen atoms in total. The molecule has 0 spiro atoms. The number of aromatic nitrogens is 1. The molecule has 4 aromatic rings. The molecule has 0 atom stereocenters. The Morgan fingerprint density at radius 2 is 1.68 bits per heavy atom. The number of amides is 2. The van der Waals surface area contributed by atoms with Crippen LogP contribution in [-0.4, -0.2) is 46.8 Å². The van der Waals surface area contributed by atoms with Gasteiger partial charge in [0.1, 0.15) is 29.4 Å². The maximum atomic E-state index is 12.9. The average Bonchev–Trinajstić information content (AvgIpc) is 3.54. The molecule has 41 heavy (non-hydrogen) atoms. The predicted molar refractivity (Wildman–Crippen MR) is 162 cm³/mol. The van der Waals surface area contributed by atoms with Gasteiger partial charge in [-0.1, -0.05) is 12.1 Å². The van der Waals surface area contributed by atoms with E-state index in [1.807, 2.05) is 98.4 Å². The first-order valence-electron chi connectivity index (χ1n) is 13.9. The molecule has 5 rings (SSSR count). The van der Waals surface area contributed by atoms with Gasteiger partial charge in [0.25, 0.3) is 5.91 Å². The first-order chi connectivity index (χ1) is 19.6. The minimum Gasteiger partial charge on any atom is -0.493 e. The second-order valence-corrected chi connectivity index (χ2v) is 12.3. The summed E-state index contributed by atoms with van der Waals surface area (Å²) in [5, 5.41) is 5.03. The summed E-state index contributed by atoms with van der Waals surface area (Å²) in [4.78, 5) is 26.9. The van der Waals surface area contributed by atoms with Gasteiger partial charge in [-0.15, -0.1) is 11.3 Å². The summed E-state index contributed by atoms with van der Waals surface area (Å²) in [5.41, 5.74) is 2.88. The molecule has 1 aliphatic rings. The number of likely N-dealkylation sites (tertiary alicyclic amines) is 1. The molecule has 1 N–H and O–H groups in total. The van der Waals surface area contributed by atoms with Crippen molar-refractivity contribution in [1.29, 1.82) is 0 Å². The van der Waals surface area contributed by atoms with Gasteiger partial charge in [-0.3, -0.25) is 4.79 Å². The average molecular weight is 576 g/mol. The monoisotopic (exact) mass is 575 g/mol. The van der Waals surface area contributed by atoms with Crippen molar-refractivity contribution >= 4 is 39.2 Å². The molecule has 1 aliphatic heterocycles. The number of thiophene rings is 1. The van der Waals surface area contributed by atoms with Crippen LogP contribution in [0, 0.1) is 5.92 Å². The summed E-state index contributed by atoms with van der Waals surface area (Å²) in [6.07, 6.45) is 1.55. The van der Waals surface area contributed by atoms with Crippen LogP contribution in [0.4, 0.5) is 10.5 Å². The van der Waals surface area contributed by atoms with Crippen molar-refractivity contribution in [2.24, 2.45) is 13.0 Å². The molecule has 0 bridgehead atoms. The molecular weight excluding hydrogens is 538 g/mol. The van der Waals surface area contributed by atoms with Gasteiger partial charge in [-0.05, 0) is 99.0 Å². The molecule has 0 aliphatic carbocycles. The van der Waals surface area contributed by atoms with Gasteiger partial charge < -0.3 is 29.0 Å². The van der Waals surface area contributed by atoms with Gasteiger partial charge in [0.2, 0.25) is 0 Å². The lowest BCUT2D eigenvalue weighted by Crippen LogP contribution is -2.42. The van der Waals surface area contributed by atoms with E-state index in [1.54, 1.807) is 16.2 Å². The number of hydrogen-bond donors (Lipinski definition) is 1. The number of nitrogens with one attached hydrogen (secondary N) is 1. The Morgan fingerprint density at radius 1 is 0.976 bits per heavy atom. The Labute approximate surface area is 244 Å². The lowest BCUT2D eigenvalue weighted by molar-refractivity contribution is 0.0165. The first kappa shape index (κ1) is 28.5. The first-order valence-corrected chi connectivity index (χ1v) is 14.8. The zero-order valence-electron chi connectivity index (χ0n) is 24.0. The molecule has 216 valence electrons. The molecule has 3 heterocycles. The van der Waals surface area contributed by atoms with E-state index in [0.29, 0.717) is 37.9 Å². The van der Waals surface area contributed by atoms with Crippen molar-refractivity contribution in [2.75, 3.05) is 25.0 Å². The van der Waals surface area contributed by atoms with Crippen LogP contribution in [0.3, 0.4) is 0 Å². The highest BCUT2D eigenvalue weighted by atomic mass is 32.1. The number of hydrogen-bond acceptors (Lipinski definition) is 6. The molecule has 0 saturated carbocycles. The summed E-state index contributed by atoms with van der Waals surface area (Å²) in [6.45, 7) is 8.01. The van der Waals surface area contributed by atoms with Gasteiger partial charge >= 0.3 is 6.09 Å². The molecule has 9 heteroatoms.